The maximum absolute atomic E-state index is 14.0. The largest absolute Gasteiger partial charge is 0.366 e. The van der Waals surface area contributed by atoms with Gasteiger partial charge in [-0.2, -0.15) is 0 Å². The summed E-state index contributed by atoms with van der Waals surface area (Å²) in [6.45, 7) is 5.52. The van der Waals surface area contributed by atoms with Gasteiger partial charge in [0.05, 0.1) is 23.1 Å². The Morgan fingerprint density at radius 3 is 2.59 bits per heavy atom. The van der Waals surface area contributed by atoms with Crippen molar-refractivity contribution in [2.24, 2.45) is 5.73 Å². The summed E-state index contributed by atoms with van der Waals surface area (Å²) in [4.78, 5) is 33.5. The number of unbranched alkanes of at least 4 members (excludes halogenated alkanes) is 1. The highest BCUT2D eigenvalue weighted by atomic mass is 19.1. The number of nitrogens with two attached hydrogens (primary N) is 1. The van der Waals surface area contributed by atoms with Crippen molar-refractivity contribution in [2.45, 2.75) is 40.0 Å². The molecule has 0 aliphatic carbocycles. The first kappa shape index (κ1) is 20.3. The van der Waals surface area contributed by atoms with Gasteiger partial charge < -0.3 is 16.0 Å². The normalized spacial score (nSPS) is 10.6. The molecule has 2 amide bonds. The molecular weight excluding hydrogens is 349 g/mol. The minimum atomic E-state index is -0.825. The van der Waals surface area contributed by atoms with Crippen molar-refractivity contribution in [1.82, 2.24) is 9.97 Å². The number of carbonyl (C=O) groups is 2. The number of hydrogen-bond acceptors (Lipinski definition) is 5. The highest BCUT2D eigenvalue weighted by molar-refractivity contribution is 5.94. The molecule has 2 aromatic rings. The third kappa shape index (κ3) is 4.78. The van der Waals surface area contributed by atoms with Crippen LogP contribution in [-0.2, 0) is 4.79 Å². The van der Waals surface area contributed by atoms with Crippen LogP contribution >= 0.6 is 0 Å². The highest BCUT2D eigenvalue weighted by Crippen LogP contribution is 2.24. The van der Waals surface area contributed by atoms with Gasteiger partial charge in [0.1, 0.15) is 5.82 Å². The van der Waals surface area contributed by atoms with E-state index in [1.54, 1.807) is 32.0 Å². The number of aryl methyl sites for hydroxylation is 2. The van der Waals surface area contributed by atoms with Crippen LogP contribution in [0.15, 0.2) is 18.3 Å². The number of nitrogens with zero attached hydrogens (tertiary/aromatic N) is 3. The van der Waals surface area contributed by atoms with E-state index in [0.717, 1.165) is 12.8 Å². The number of carbonyl (C=O) groups excluding carboxylic acids is 2. The van der Waals surface area contributed by atoms with Crippen LogP contribution in [0.1, 0.15) is 47.8 Å². The van der Waals surface area contributed by atoms with Gasteiger partial charge in [-0.1, -0.05) is 13.3 Å². The van der Waals surface area contributed by atoms with Crippen molar-refractivity contribution in [1.29, 1.82) is 0 Å². The third-order valence-electron chi connectivity index (χ3n) is 4.26. The number of rotatable bonds is 7. The zero-order chi connectivity index (χ0) is 20.1. The number of benzene rings is 1. The molecule has 144 valence electrons. The molecule has 2 rings (SSSR count). The first-order chi connectivity index (χ1) is 12.7. The summed E-state index contributed by atoms with van der Waals surface area (Å²) in [6, 6.07) is 2.56. The number of anilines is 3. The summed E-state index contributed by atoms with van der Waals surface area (Å²) in [6.07, 6.45) is 3.80. The zero-order valence-electron chi connectivity index (χ0n) is 16.0. The van der Waals surface area contributed by atoms with Crippen LogP contribution in [0.25, 0.3) is 0 Å². The molecule has 0 aliphatic heterocycles. The lowest BCUT2D eigenvalue weighted by molar-refractivity contribution is -0.118. The molecule has 0 atom stereocenters. The smallest absolute Gasteiger partial charge is 0.251 e. The summed E-state index contributed by atoms with van der Waals surface area (Å²) in [5.41, 5.74) is 7.27. The van der Waals surface area contributed by atoms with Crippen molar-refractivity contribution in [3.05, 3.63) is 41.0 Å². The molecule has 7 nitrogen and oxygen atoms in total. The lowest BCUT2D eigenvalue weighted by Crippen LogP contribution is -2.27. The Hall–Kier alpha value is -3.03. The van der Waals surface area contributed by atoms with Gasteiger partial charge in [0.15, 0.2) is 0 Å². The first-order valence-corrected chi connectivity index (χ1v) is 8.71. The first-order valence-electron chi connectivity index (χ1n) is 8.71. The molecule has 27 heavy (non-hydrogen) atoms. The Labute approximate surface area is 157 Å². The van der Waals surface area contributed by atoms with E-state index in [0.29, 0.717) is 29.1 Å². The number of hydrogen-bond donors (Lipinski definition) is 2. The van der Waals surface area contributed by atoms with Gasteiger partial charge in [-0.05, 0) is 38.0 Å². The molecule has 1 aromatic carbocycles. The number of amides is 2. The monoisotopic (exact) mass is 373 g/mol. The molecule has 0 unspecified atom stereocenters. The third-order valence-corrected chi connectivity index (χ3v) is 4.26. The Morgan fingerprint density at radius 2 is 2.00 bits per heavy atom. The van der Waals surface area contributed by atoms with Gasteiger partial charge in [0.2, 0.25) is 11.9 Å². The maximum Gasteiger partial charge on any atom is 0.251 e. The van der Waals surface area contributed by atoms with E-state index < -0.39 is 11.7 Å². The fraction of sp³-hybridized carbons (Fsp3) is 0.368. The van der Waals surface area contributed by atoms with E-state index in [9.17, 15) is 14.0 Å². The molecule has 0 saturated heterocycles. The van der Waals surface area contributed by atoms with Gasteiger partial charge >= 0.3 is 0 Å². The van der Waals surface area contributed by atoms with Crippen molar-refractivity contribution in [3.63, 3.8) is 0 Å². The molecular formula is C19H24FN5O2. The number of nitrogens with one attached hydrogen (secondary N) is 1. The van der Waals surface area contributed by atoms with Crippen LogP contribution in [-0.4, -0.2) is 28.8 Å². The summed E-state index contributed by atoms with van der Waals surface area (Å²) >= 11 is 0. The summed E-state index contributed by atoms with van der Waals surface area (Å²) in [5.74, 6) is -1.27. The van der Waals surface area contributed by atoms with E-state index in [4.69, 9.17) is 5.73 Å². The minimum absolute atomic E-state index is 0.00390. The number of halogens is 1. The summed E-state index contributed by atoms with van der Waals surface area (Å²) in [5, 5.41) is 2.93. The fourth-order valence-corrected chi connectivity index (χ4v) is 2.61. The highest BCUT2D eigenvalue weighted by Gasteiger charge is 2.16. The SMILES string of the molecule is CCCCC(=O)N(C)c1cnc(Nc2cc(F)c(C(N)=O)cc2C)nc1C. The Balaban J connectivity index is 2.22. The Morgan fingerprint density at radius 1 is 1.30 bits per heavy atom. The van der Waals surface area contributed by atoms with E-state index >= 15 is 0 Å². The van der Waals surface area contributed by atoms with E-state index in [1.807, 2.05) is 6.92 Å². The number of aromatic nitrogens is 2. The van der Waals surface area contributed by atoms with Crippen LogP contribution in [0, 0.1) is 19.7 Å². The van der Waals surface area contributed by atoms with Crippen molar-refractivity contribution >= 4 is 29.1 Å². The van der Waals surface area contributed by atoms with Crippen molar-refractivity contribution in [2.75, 3.05) is 17.3 Å². The topological polar surface area (TPSA) is 101 Å². The second-order valence-electron chi connectivity index (χ2n) is 6.36. The molecule has 0 spiro atoms. The van der Waals surface area contributed by atoms with Crippen LogP contribution in [0.4, 0.5) is 21.7 Å². The summed E-state index contributed by atoms with van der Waals surface area (Å²) < 4.78 is 14.0. The van der Waals surface area contributed by atoms with Crippen LogP contribution in [0.2, 0.25) is 0 Å². The van der Waals surface area contributed by atoms with E-state index in [2.05, 4.69) is 15.3 Å². The van der Waals surface area contributed by atoms with E-state index in [-0.39, 0.29) is 17.4 Å². The quantitative estimate of drug-likeness (QED) is 0.776. The van der Waals surface area contributed by atoms with Crippen molar-refractivity contribution < 1.29 is 14.0 Å². The predicted molar refractivity (Wildman–Crippen MR) is 103 cm³/mol. The minimum Gasteiger partial charge on any atom is -0.366 e. The standard InChI is InChI=1S/C19H24FN5O2/c1-5-6-7-17(26)25(4)16-10-22-19(23-12(16)3)24-15-9-14(20)13(18(21)27)8-11(15)2/h8-10H,5-7H2,1-4H3,(H2,21,27)(H,22,23,24). The second-order valence-corrected chi connectivity index (χ2v) is 6.36. The molecule has 1 heterocycles. The second kappa shape index (κ2) is 8.57. The van der Waals surface area contributed by atoms with Gasteiger partial charge in [-0.3, -0.25) is 9.59 Å². The molecule has 0 radical (unpaired) electrons. The van der Waals surface area contributed by atoms with Gasteiger partial charge in [-0.15, -0.1) is 0 Å². The summed E-state index contributed by atoms with van der Waals surface area (Å²) in [7, 11) is 1.69. The van der Waals surface area contributed by atoms with Crippen LogP contribution < -0.4 is 16.0 Å². The maximum atomic E-state index is 14.0. The number of primary amides is 1. The molecule has 0 aliphatic rings. The average molecular weight is 373 g/mol. The molecule has 1 aromatic heterocycles. The fourth-order valence-electron chi connectivity index (χ4n) is 2.61. The molecule has 0 fully saturated rings. The Bertz CT molecular complexity index is 869. The molecule has 3 N–H and O–H groups in total. The average Bonchev–Trinajstić information content (AvgIpc) is 2.61. The van der Waals surface area contributed by atoms with Crippen molar-refractivity contribution in [3.8, 4) is 0 Å². The lowest BCUT2D eigenvalue weighted by atomic mass is 10.1. The van der Waals surface area contributed by atoms with Crippen LogP contribution in [0.5, 0.6) is 0 Å². The Kier molecular flexibility index (Phi) is 6.44. The zero-order valence-corrected chi connectivity index (χ0v) is 16.0. The molecule has 0 bridgehead atoms. The molecule has 0 saturated carbocycles. The lowest BCUT2D eigenvalue weighted by Gasteiger charge is -2.19. The van der Waals surface area contributed by atoms with Gasteiger partial charge in [0.25, 0.3) is 5.91 Å². The van der Waals surface area contributed by atoms with E-state index in [1.165, 1.54) is 12.1 Å². The van der Waals surface area contributed by atoms with Crippen LogP contribution in [0.3, 0.4) is 0 Å². The molecule has 8 heteroatoms. The predicted octanol–water partition coefficient (Wildman–Crippen LogP) is 3.23. The van der Waals surface area contributed by atoms with Gasteiger partial charge in [-0.25, -0.2) is 14.4 Å². The van der Waals surface area contributed by atoms with Gasteiger partial charge in [0, 0.05) is 19.2 Å².